The second-order valence-corrected chi connectivity index (χ2v) is 6.09. The van der Waals surface area contributed by atoms with Crippen LogP contribution >= 0.6 is 0 Å². The fourth-order valence-electron chi connectivity index (χ4n) is 2.85. The number of halogens is 1. The average Bonchev–Trinajstić information content (AvgIpc) is 3.20. The Bertz CT molecular complexity index is 1100. The number of methoxy groups -OCH3 is 1. The maximum absolute atomic E-state index is 13.3. The Morgan fingerprint density at radius 2 is 1.76 bits per heavy atom. The molecule has 0 radical (unpaired) electrons. The van der Waals surface area contributed by atoms with Crippen molar-refractivity contribution in [3.05, 3.63) is 87.5 Å². The largest absolute Gasteiger partial charge is 0.503 e. The maximum atomic E-state index is 13.3. The number of rotatable bonds is 6. The van der Waals surface area contributed by atoms with Gasteiger partial charge in [-0.15, -0.1) is 0 Å². The maximum Gasteiger partial charge on any atom is 0.375 e. The SMILES string of the molecule is COC(=O)C(=O)C(c1ccc(F)cc1)c1ccc(C(O)c2cc[nH]c(=O)c2O)o1. The predicted molar refractivity (Wildman–Crippen MR) is 96.8 cm³/mol. The molecule has 1 aromatic carbocycles. The molecule has 2 atom stereocenters. The third-order valence-electron chi connectivity index (χ3n) is 4.31. The number of hydrogen-bond donors (Lipinski definition) is 3. The Balaban J connectivity index is 2.02. The van der Waals surface area contributed by atoms with Gasteiger partial charge >= 0.3 is 5.97 Å². The summed E-state index contributed by atoms with van der Waals surface area (Å²) in [5, 5.41) is 20.3. The molecule has 2 unspecified atom stereocenters. The first-order chi connectivity index (χ1) is 13.8. The number of aliphatic hydroxyl groups excluding tert-OH is 1. The molecule has 0 saturated heterocycles. The number of hydrogen-bond acceptors (Lipinski definition) is 7. The lowest BCUT2D eigenvalue weighted by molar-refractivity contribution is -0.152. The number of Topliss-reactive ketones (excluding diaryl/α,β-unsaturated/α-hetero) is 1. The molecule has 0 spiro atoms. The fraction of sp³-hybridized carbons (Fsp3) is 0.150. The van der Waals surface area contributed by atoms with E-state index in [1.807, 2.05) is 0 Å². The van der Waals surface area contributed by atoms with Crippen molar-refractivity contribution in [1.82, 2.24) is 4.98 Å². The van der Waals surface area contributed by atoms with E-state index < -0.39 is 40.9 Å². The molecular formula is C20H16FNO7. The van der Waals surface area contributed by atoms with E-state index in [4.69, 9.17) is 4.42 Å². The zero-order chi connectivity index (χ0) is 21.1. The Morgan fingerprint density at radius 1 is 1.10 bits per heavy atom. The summed E-state index contributed by atoms with van der Waals surface area (Å²) < 4.78 is 23.3. The molecule has 2 aromatic heterocycles. The molecule has 0 fully saturated rings. The van der Waals surface area contributed by atoms with Crippen LogP contribution in [0.4, 0.5) is 4.39 Å². The first kappa shape index (κ1) is 20.0. The highest BCUT2D eigenvalue weighted by molar-refractivity contribution is 6.36. The van der Waals surface area contributed by atoms with Crippen LogP contribution in [-0.4, -0.2) is 34.1 Å². The number of aliphatic hydroxyl groups is 1. The van der Waals surface area contributed by atoms with Gasteiger partial charge in [0.25, 0.3) is 11.3 Å². The number of nitrogens with one attached hydrogen (secondary N) is 1. The molecule has 0 aliphatic carbocycles. The molecule has 0 aliphatic heterocycles. The molecule has 2 heterocycles. The van der Waals surface area contributed by atoms with Crippen LogP contribution in [0.5, 0.6) is 5.75 Å². The van der Waals surface area contributed by atoms with Crippen LogP contribution in [0.25, 0.3) is 0 Å². The van der Waals surface area contributed by atoms with Gasteiger partial charge in [0.2, 0.25) is 0 Å². The zero-order valence-corrected chi connectivity index (χ0v) is 15.1. The number of ether oxygens (including phenoxy) is 1. The van der Waals surface area contributed by atoms with Gasteiger partial charge in [0.05, 0.1) is 7.11 Å². The van der Waals surface area contributed by atoms with Crippen molar-refractivity contribution >= 4 is 11.8 Å². The number of ketones is 1. The molecule has 9 heteroatoms. The lowest BCUT2D eigenvalue weighted by Gasteiger charge is -2.14. The monoisotopic (exact) mass is 401 g/mol. The molecular weight excluding hydrogens is 385 g/mol. The summed E-state index contributed by atoms with van der Waals surface area (Å²) >= 11 is 0. The summed E-state index contributed by atoms with van der Waals surface area (Å²) in [7, 11) is 1.05. The summed E-state index contributed by atoms with van der Waals surface area (Å²) in [6, 6.07) is 8.88. The van der Waals surface area contributed by atoms with Gasteiger partial charge in [-0.1, -0.05) is 12.1 Å². The van der Waals surface area contributed by atoms with E-state index in [9.17, 15) is 29.0 Å². The van der Waals surface area contributed by atoms with Crippen molar-refractivity contribution in [2.24, 2.45) is 0 Å². The van der Waals surface area contributed by atoms with Crippen LogP contribution in [0, 0.1) is 5.82 Å². The molecule has 8 nitrogen and oxygen atoms in total. The van der Waals surface area contributed by atoms with E-state index >= 15 is 0 Å². The van der Waals surface area contributed by atoms with E-state index in [2.05, 4.69) is 9.72 Å². The lowest BCUT2D eigenvalue weighted by Crippen LogP contribution is -2.24. The van der Waals surface area contributed by atoms with Crippen molar-refractivity contribution < 1.29 is 33.3 Å². The number of benzene rings is 1. The van der Waals surface area contributed by atoms with Gasteiger partial charge in [0, 0.05) is 11.8 Å². The van der Waals surface area contributed by atoms with E-state index in [0.717, 1.165) is 19.2 Å². The fourth-order valence-corrected chi connectivity index (χ4v) is 2.85. The molecule has 0 aliphatic rings. The van der Waals surface area contributed by atoms with E-state index in [0.29, 0.717) is 0 Å². The number of H-pyrrole nitrogens is 1. The van der Waals surface area contributed by atoms with E-state index in [1.165, 1.54) is 36.5 Å². The smallest absolute Gasteiger partial charge is 0.375 e. The zero-order valence-electron chi connectivity index (χ0n) is 15.1. The molecule has 0 amide bonds. The van der Waals surface area contributed by atoms with Gasteiger partial charge in [-0.3, -0.25) is 9.59 Å². The number of esters is 1. The van der Waals surface area contributed by atoms with Gasteiger partial charge in [0.1, 0.15) is 29.4 Å². The summed E-state index contributed by atoms with van der Waals surface area (Å²) in [6.45, 7) is 0. The van der Waals surface area contributed by atoms with Crippen molar-refractivity contribution in [2.75, 3.05) is 7.11 Å². The Hall–Kier alpha value is -3.72. The predicted octanol–water partition coefficient (Wildman–Crippen LogP) is 1.77. The minimum atomic E-state index is -1.51. The molecule has 3 N–H and O–H groups in total. The average molecular weight is 401 g/mol. The normalized spacial score (nSPS) is 12.9. The minimum absolute atomic E-state index is 0.00890. The van der Waals surface area contributed by atoms with Crippen molar-refractivity contribution in [3.8, 4) is 5.75 Å². The van der Waals surface area contributed by atoms with Crippen LogP contribution in [0.15, 0.2) is 57.9 Å². The Kier molecular flexibility index (Phi) is 5.60. The van der Waals surface area contributed by atoms with Gasteiger partial charge in [-0.05, 0) is 35.9 Å². The minimum Gasteiger partial charge on any atom is -0.503 e. The molecule has 0 bridgehead atoms. The van der Waals surface area contributed by atoms with Gasteiger partial charge < -0.3 is 24.4 Å². The Labute approximate surface area is 163 Å². The summed E-state index contributed by atoms with van der Waals surface area (Å²) in [6.07, 6.45) is -0.264. The van der Waals surface area contributed by atoms with Gasteiger partial charge in [-0.2, -0.15) is 0 Å². The number of aromatic hydroxyl groups is 1. The summed E-state index contributed by atoms with van der Waals surface area (Å²) in [4.78, 5) is 38.1. The highest BCUT2D eigenvalue weighted by Crippen LogP contribution is 2.33. The third kappa shape index (κ3) is 3.94. The second kappa shape index (κ2) is 8.11. The molecule has 29 heavy (non-hydrogen) atoms. The van der Waals surface area contributed by atoms with Crippen LogP contribution in [-0.2, 0) is 14.3 Å². The van der Waals surface area contributed by atoms with Crippen LogP contribution < -0.4 is 5.56 Å². The number of furan rings is 1. The Morgan fingerprint density at radius 3 is 2.41 bits per heavy atom. The van der Waals surface area contributed by atoms with Crippen LogP contribution in [0.3, 0.4) is 0 Å². The summed E-state index contributed by atoms with van der Waals surface area (Å²) in [5.41, 5.74) is -0.623. The number of carbonyl (C=O) groups excluding carboxylic acids is 2. The second-order valence-electron chi connectivity index (χ2n) is 6.09. The third-order valence-corrected chi connectivity index (χ3v) is 4.31. The number of aromatic amines is 1. The first-order valence-electron chi connectivity index (χ1n) is 8.39. The van der Waals surface area contributed by atoms with Crippen molar-refractivity contribution in [3.63, 3.8) is 0 Å². The van der Waals surface area contributed by atoms with E-state index in [-0.39, 0.29) is 22.6 Å². The lowest BCUT2D eigenvalue weighted by atomic mass is 9.92. The molecule has 3 rings (SSSR count). The van der Waals surface area contributed by atoms with Crippen LogP contribution in [0.1, 0.15) is 34.7 Å². The first-order valence-corrected chi connectivity index (χ1v) is 8.39. The standard InChI is InChI=1S/C20H16FNO7/c1-28-20(27)18(25)15(10-2-4-11(21)5-3-10)13-6-7-14(29-13)16(23)12-8-9-22-19(26)17(12)24/h2-9,15-16,23-24H,1H3,(H,22,26). The highest BCUT2D eigenvalue weighted by atomic mass is 19.1. The van der Waals surface area contributed by atoms with Crippen molar-refractivity contribution in [2.45, 2.75) is 12.0 Å². The van der Waals surface area contributed by atoms with E-state index in [1.54, 1.807) is 0 Å². The quantitative estimate of drug-likeness (QED) is 0.424. The molecule has 0 saturated carbocycles. The molecule has 3 aromatic rings. The number of carbonyl (C=O) groups is 2. The van der Waals surface area contributed by atoms with Gasteiger partial charge in [0.15, 0.2) is 5.75 Å². The topological polar surface area (TPSA) is 130 Å². The number of aromatic nitrogens is 1. The number of pyridine rings is 1. The molecule has 150 valence electrons. The van der Waals surface area contributed by atoms with Crippen molar-refractivity contribution in [1.29, 1.82) is 0 Å². The summed E-state index contributed by atoms with van der Waals surface area (Å²) in [5.74, 6) is -4.61. The highest BCUT2D eigenvalue weighted by Gasteiger charge is 2.33. The van der Waals surface area contributed by atoms with Crippen LogP contribution in [0.2, 0.25) is 0 Å². The van der Waals surface area contributed by atoms with Gasteiger partial charge in [-0.25, -0.2) is 9.18 Å².